The number of fused-ring (bicyclic) bond motifs is 1. The monoisotopic (exact) mass is 500 g/mol. The van der Waals surface area contributed by atoms with Crippen LogP contribution in [0.5, 0.6) is 0 Å². The Hall–Kier alpha value is -2.02. The van der Waals surface area contributed by atoms with Gasteiger partial charge in [-0.3, -0.25) is 9.69 Å². The third-order valence-electron chi connectivity index (χ3n) is 8.76. The van der Waals surface area contributed by atoms with E-state index >= 15 is 0 Å². The number of amides is 1. The number of imidazole rings is 1. The van der Waals surface area contributed by atoms with Gasteiger partial charge in [0.1, 0.15) is 5.82 Å². The molecule has 0 atom stereocenters. The lowest BCUT2D eigenvalue weighted by Crippen LogP contribution is -2.55. The zero-order chi connectivity index (χ0) is 25.3. The Kier molecular flexibility index (Phi) is 7.66. The van der Waals surface area contributed by atoms with Crippen LogP contribution in [0.2, 0.25) is 0 Å². The Bertz CT molecular complexity index is 1040. The number of carbonyl (C=O) groups excluding carboxylic acids is 1. The first-order valence-corrected chi connectivity index (χ1v) is 14.2. The van der Waals surface area contributed by atoms with Crippen LogP contribution in [0.25, 0.3) is 11.0 Å². The molecule has 7 heteroatoms. The third-order valence-corrected chi connectivity index (χ3v) is 8.76. The number of hydrogen-bond donors (Lipinski definition) is 0. The summed E-state index contributed by atoms with van der Waals surface area (Å²) in [6.07, 6.45) is 11.1. The van der Waals surface area contributed by atoms with E-state index in [4.69, 9.17) is 4.98 Å². The molecule has 0 N–H and O–H groups in total. The van der Waals surface area contributed by atoms with Gasteiger partial charge in [0.05, 0.1) is 24.1 Å². The smallest absolute Gasteiger partial charge is 0.272 e. The normalized spacial score (nSPS) is 25.1. The highest BCUT2D eigenvalue weighted by Gasteiger charge is 2.43. The van der Waals surface area contributed by atoms with Crippen molar-refractivity contribution in [2.24, 2.45) is 5.92 Å². The van der Waals surface area contributed by atoms with E-state index in [0.717, 1.165) is 60.6 Å². The maximum absolute atomic E-state index is 13.4. The Morgan fingerprint density at radius 1 is 1.08 bits per heavy atom. The van der Waals surface area contributed by atoms with E-state index in [9.17, 15) is 13.6 Å². The Labute approximate surface area is 214 Å². The number of rotatable bonds is 8. The van der Waals surface area contributed by atoms with Crippen LogP contribution in [0.3, 0.4) is 0 Å². The summed E-state index contributed by atoms with van der Waals surface area (Å²) in [6.45, 7) is 6.01. The first-order chi connectivity index (χ1) is 17.3. The Morgan fingerprint density at radius 3 is 2.47 bits per heavy atom. The summed E-state index contributed by atoms with van der Waals surface area (Å²) in [4.78, 5) is 22.3. The van der Waals surface area contributed by atoms with Crippen LogP contribution in [0.1, 0.15) is 95.4 Å². The molecule has 1 aromatic heterocycles. The quantitative estimate of drug-likeness (QED) is 0.424. The first-order valence-electron chi connectivity index (χ1n) is 14.2. The zero-order valence-electron chi connectivity index (χ0n) is 22.0. The molecule has 1 aliphatic heterocycles. The molecule has 2 aliphatic carbocycles. The minimum atomic E-state index is -2.55. The van der Waals surface area contributed by atoms with Crippen molar-refractivity contribution in [2.75, 3.05) is 19.6 Å². The number of alkyl halides is 2. The summed E-state index contributed by atoms with van der Waals surface area (Å²) < 4.78 is 29.0. The van der Waals surface area contributed by atoms with E-state index in [1.807, 2.05) is 12.1 Å². The second-order valence-electron chi connectivity index (χ2n) is 11.6. The summed E-state index contributed by atoms with van der Waals surface area (Å²) in [5.41, 5.74) is 3.03. The number of halogens is 2. The maximum atomic E-state index is 13.4. The molecule has 36 heavy (non-hydrogen) atoms. The standard InChI is InChI=1S/C29H42F2N4O/c1-3-34(24-7-5-4-6-8-24)27(36)15-16-35-26-17-22(18-33-19-29(30,31)20-33)11-14-25(26)32-28(35)23-12-9-21(2)10-13-23/h11,14,17,21,23-24H,3-10,12-13,15-16,18-20H2,1-2H3. The fraction of sp³-hybridized carbons (Fsp3) is 0.724. The number of aryl methyl sites for hydroxylation is 1. The molecular weight excluding hydrogens is 458 g/mol. The number of benzene rings is 1. The molecule has 1 saturated heterocycles. The zero-order valence-corrected chi connectivity index (χ0v) is 22.0. The third kappa shape index (κ3) is 5.61. The van der Waals surface area contributed by atoms with E-state index in [-0.39, 0.29) is 19.0 Å². The van der Waals surface area contributed by atoms with Crippen molar-refractivity contribution >= 4 is 16.9 Å². The molecule has 0 spiro atoms. The van der Waals surface area contributed by atoms with Gasteiger partial charge < -0.3 is 9.47 Å². The van der Waals surface area contributed by atoms with E-state index in [1.54, 1.807) is 4.90 Å². The van der Waals surface area contributed by atoms with Gasteiger partial charge in [-0.1, -0.05) is 45.1 Å². The number of carbonyl (C=O) groups is 1. The van der Waals surface area contributed by atoms with Crippen LogP contribution in [-0.4, -0.2) is 56.9 Å². The lowest BCUT2D eigenvalue weighted by atomic mass is 9.82. The van der Waals surface area contributed by atoms with Crippen molar-refractivity contribution in [2.45, 2.75) is 109 Å². The van der Waals surface area contributed by atoms with E-state index in [0.29, 0.717) is 31.5 Å². The number of likely N-dealkylation sites (tertiary alicyclic amines) is 1. The second kappa shape index (κ2) is 10.8. The van der Waals surface area contributed by atoms with Gasteiger partial charge in [0.25, 0.3) is 5.92 Å². The van der Waals surface area contributed by atoms with Crippen LogP contribution in [-0.2, 0) is 17.9 Å². The largest absolute Gasteiger partial charge is 0.340 e. The summed E-state index contributed by atoms with van der Waals surface area (Å²) >= 11 is 0. The van der Waals surface area contributed by atoms with Gasteiger partial charge in [-0.2, -0.15) is 0 Å². The maximum Gasteiger partial charge on any atom is 0.272 e. The number of aromatic nitrogens is 2. The van der Waals surface area contributed by atoms with E-state index in [1.165, 1.54) is 32.1 Å². The summed E-state index contributed by atoms with van der Waals surface area (Å²) in [5, 5.41) is 0. The number of hydrogen-bond acceptors (Lipinski definition) is 3. The molecule has 0 bridgehead atoms. The minimum Gasteiger partial charge on any atom is -0.340 e. The van der Waals surface area contributed by atoms with Crippen molar-refractivity contribution in [1.29, 1.82) is 0 Å². The molecule has 5 rings (SSSR count). The minimum absolute atomic E-state index is 0.168. The highest BCUT2D eigenvalue weighted by atomic mass is 19.3. The fourth-order valence-corrected chi connectivity index (χ4v) is 6.71. The Morgan fingerprint density at radius 2 is 1.81 bits per heavy atom. The molecule has 5 nitrogen and oxygen atoms in total. The van der Waals surface area contributed by atoms with Crippen LogP contribution in [0.4, 0.5) is 8.78 Å². The van der Waals surface area contributed by atoms with Gasteiger partial charge in [-0.15, -0.1) is 0 Å². The lowest BCUT2D eigenvalue weighted by Gasteiger charge is -2.38. The molecule has 2 aromatic rings. The number of nitrogens with zero attached hydrogens (tertiary/aromatic N) is 4. The second-order valence-corrected chi connectivity index (χ2v) is 11.6. The molecule has 0 radical (unpaired) electrons. The predicted octanol–water partition coefficient (Wildman–Crippen LogP) is 6.35. The molecule has 1 amide bonds. The van der Waals surface area contributed by atoms with Crippen LogP contribution in [0.15, 0.2) is 18.2 Å². The van der Waals surface area contributed by atoms with Gasteiger partial charge in [-0.25, -0.2) is 13.8 Å². The topological polar surface area (TPSA) is 41.4 Å². The van der Waals surface area contributed by atoms with Crippen LogP contribution in [0, 0.1) is 5.92 Å². The summed E-state index contributed by atoms with van der Waals surface area (Å²) in [5.74, 6) is -0.0232. The lowest BCUT2D eigenvalue weighted by molar-refractivity contribution is -0.134. The van der Waals surface area contributed by atoms with Crippen molar-refractivity contribution in [1.82, 2.24) is 19.4 Å². The van der Waals surface area contributed by atoms with Crippen LogP contribution < -0.4 is 0 Å². The van der Waals surface area contributed by atoms with Crippen molar-refractivity contribution in [3.05, 3.63) is 29.6 Å². The van der Waals surface area contributed by atoms with Crippen molar-refractivity contribution in [3.8, 4) is 0 Å². The molecule has 0 unspecified atom stereocenters. The molecule has 3 aliphatic rings. The molecular formula is C29H42F2N4O. The predicted molar refractivity (Wildman–Crippen MR) is 139 cm³/mol. The average molecular weight is 501 g/mol. The van der Waals surface area contributed by atoms with Gasteiger partial charge >= 0.3 is 0 Å². The Balaban J connectivity index is 1.37. The molecule has 198 valence electrons. The highest BCUT2D eigenvalue weighted by Crippen LogP contribution is 2.37. The molecule has 3 fully saturated rings. The van der Waals surface area contributed by atoms with Gasteiger partial charge in [-0.05, 0) is 56.2 Å². The van der Waals surface area contributed by atoms with Crippen molar-refractivity contribution in [3.63, 3.8) is 0 Å². The van der Waals surface area contributed by atoms with Crippen molar-refractivity contribution < 1.29 is 13.6 Å². The van der Waals surface area contributed by atoms with E-state index in [2.05, 4.69) is 29.4 Å². The SMILES string of the molecule is CCN(C(=O)CCn1c(C2CCC(C)CC2)nc2ccc(CN3CC(F)(F)C3)cc21)C1CCCCC1. The summed E-state index contributed by atoms with van der Waals surface area (Å²) in [6, 6.07) is 6.57. The first kappa shape index (κ1) is 25.6. The molecule has 2 heterocycles. The average Bonchev–Trinajstić information content (AvgIpc) is 3.21. The summed E-state index contributed by atoms with van der Waals surface area (Å²) in [7, 11) is 0. The van der Waals surface area contributed by atoms with Gasteiger partial charge in [0, 0.05) is 38.0 Å². The van der Waals surface area contributed by atoms with E-state index < -0.39 is 5.92 Å². The van der Waals surface area contributed by atoms with Crippen LogP contribution >= 0.6 is 0 Å². The molecule has 2 saturated carbocycles. The molecule has 1 aromatic carbocycles. The van der Waals surface area contributed by atoms with Gasteiger partial charge in [0.15, 0.2) is 0 Å². The fourth-order valence-electron chi connectivity index (χ4n) is 6.71. The van der Waals surface area contributed by atoms with Gasteiger partial charge in [0.2, 0.25) is 5.91 Å². The highest BCUT2D eigenvalue weighted by molar-refractivity contribution is 5.79.